The Labute approximate surface area is 289 Å². The van der Waals surface area contributed by atoms with Crippen molar-refractivity contribution in [1.82, 2.24) is 0 Å². The van der Waals surface area contributed by atoms with Crippen LogP contribution in [0.5, 0.6) is 0 Å². The number of halogens is 2. The van der Waals surface area contributed by atoms with Gasteiger partial charge in [-0.15, -0.1) is 47.0 Å². The lowest BCUT2D eigenvalue weighted by atomic mass is 10.2. The number of hydrogen-bond acceptors (Lipinski definition) is 4. The second-order valence-corrected chi connectivity index (χ2v) is 10.4. The second kappa shape index (κ2) is 37.3. The van der Waals surface area contributed by atoms with Gasteiger partial charge in [0, 0.05) is 19.6 Å². The molecule has 0 atom stereocenters. The van der Waals surface area contributed by atoms with Gasteiger partial charge in [-0.05, 0) is 98.1 Å². The van der Waals surface area contributed by atoms with Gasteiger partial charge in [-0.3, -0.25) is 0 Å². The van der Waals surface area contributed by atoms with E-state index < -0.39 is 0 Å². The van der Waals surface area contributed by atoms with Crippen LogP contribution in [0, 0.1) is 13.8 Å². The number of rotatable bonds is 4. The second-order valence-electron chi connectivity index (χ2n) is 6.97. The van der Waals surface area contributed by atoms with E-state index in [1.54, 1.807) is 47.0 Å². The molecule has 4 aromatic carbocycles. The van der Waals surface area contributed by atoms with Crippen molar-refractivity contribution in [2.45, 2.75) is 55.7 Å². The number of thioether (sulfide) groups is 4. The average Bonchev–Trinajstić information content (AvgIpc) is 3.01. The summed E-state index contributed by atoms with van der Waals surface area (Å²) in [6, 6.07) is 37.5. The largest absolute Gasteiger partial charge is 0.130 e. The summed E-state index contributed by atoms with van der Waals surface area (Å²) in [6.07, 6.45) is 8.36. The van der Waals surface area contributed by atoms with E-state index >= 15 is 0 Å². The fourth-order valence-electron chi connectivity index (χ4n) is 2.68. The molecular formula is C35H54Br2S4. The standard InChI is InChI=1S/2C8H10S.2C7H8S.2CH3Br.3CH4/c2*1-7-5-3-4-6-8(7)9-2;2*1-8-7-5-3-2-4-6-7;2*1-2;;;/h2*3-6H,1-2H3;2*2-6H,1H3;2*1H3;3*1H4. The smallest absolute Gasteiger partial charge is 0.00983 e. The van der Waals surface area contributed by atoms with E-state index in [2.05, 4.69) is 144 Å². The molecule has 0 radical (unpaired) electrons. The molecule has 0 fully saturated rings. The zero-order valence-electron chi connectivity index (χ0n) is 23.8. The van der Waals surface area contributed by atoms with Gasteiger partial charge in [-0.25, -0.2) is 0 Å². The number of alkyl halides is 2. The summed E-state index contributed by atoms with van der Waals surface area (Å²) in [5, 5.41) is 0. The van der Waals surface area contributed by atoms with Crippen molar-refractivity contribution in [2.75, 3.05) is 36.7 Å². The van der Waals surface area contributed by atoms with Crippen LogP contribution in [-0.4, -0.2) is 36.7 Å². The predicted molar refractivity (Wildman–Crippen MR) is 212 cm³/mol. The summed E-state index contributed by atoms with van der Waals surface area (Å²) >= 11 is 13.0. The van der Waals surface area contributed by atoms with E-state index in [0.717, 1.165) is 0 Å². The average molecular weight is 763 g/mol. The molecule has 0 amide bonds. The zero-order valence-corrected chi connectivity index (χ0v) is 30.2. The topological polar surface area (TPSA) is 0 Å². The highest BCUT2D eigenvalue weighted by Gasteiger charge is 1.91. The number of hydrogen-bond donors (Lipinski definition) is 0. The van der Waals surface area contributed by atoms with Crippen LogP contribution in [0.2, 0.25) is 0 Å². The maximum atomic E-state index is 2.94. The third-order valence-corrected chi connectivity index (χ3v) is 7.87. The first kappa shape index (κ1) is 49.9. The van der Waals surface area contributed by atoms with Crippen LogP contribution in [0.4, 0.5) is 0 Å². The van der Waals surface area contributed by atoms with E-state index in [4.69, 9.17) is 0 Å². The Kier molecular flexibility index (Phi) is 45.3. The van der Waals surface area contributed by atoms with E-state index in [1.807, 2.05) is 48.1 Å². The third kappa shape index (κ3) is 26.6. The molecule has 0 saturated carbocycles. The van der Waals surface area contributed by atoms with Gasteiger partial charge < -0.3 is 0 Å². The lowest BCUT2D eigenvalue weighted by Crippen LogP contribution is -1.74. The van der Waals surface area contributed by atoms with Crippen LogP contribution in [0.3, 0.4) is 0 Å². The Morgan fingerprint density at radius 1 is 0.366 bits per heavy atom. The Bertz CT molecular complexity index is 945. The summed E-state index contributed by atoms with van der Waals surface area (Å²) in [4.78, 5) is 5.40. The molecule has 0 bridgehead atoms. The molecule has 0 aliphatic heterocycles. The highest BCUT2D eigenvalue weighted by atomic mass is 79.9. The molecule has 0 aromatic heterocycles. The van der Waals surface area contributed by atoms with Gasteiger partial charge >= 0.3 is 0 Å². The molecule has 0 aliphatic rings. The fourth-order valence-corrected chi connectivity index (χ4v) is 4.75. The third-order valence-electron chi connectivity index (χ3n) is 4.58. The van der Waals surface area contributed by atoms with Gasteiger partial charge in [0.15, 0.2) is 0 Å². The van der Waals surface area contributed by atoms with E-state index in [9.17, 15) is 0 Å². The summed E-state index contributed by atoms with van der Waals surface area (Å²) in [5.41, 5.74) is 2.73. The van der Waals surface area contributed by atoms with Crippen LogP contribution in [0.1, 0.15) is 33.4 Å². The monoisotopic (exact) mass is 760 g/mol. The van der Waals surface area contributed by atoms with Crippen molar-refractivity contribution in [1.29, 1.82) is 0 Å². The Balaban J connectivity index is -0.000000132. The summed E-state index contributed by atoms with van der Waals surface area (Å²) in [6.45, 7) is 4.26. The highest BCUT2D eigenvalue weighted by molar-refractivity contribution is 9.09. The first-order chi connectivity index (χ1) is 18.5. The molecule has 0 nitrogen and oxygen atoms in total. The predicted octanol–water partition coefficient (Wildman–Crippen LogP) is 14.2. The van der Waals surface area contributed by atoms with Gasteiger partial charge in [0.1, 0.15) is 0 Å². The van der Waals surface area contributed by atoms with Crippen molar-refractivity contribution in [2.24, 2.45) is 0 Å². The molecule has 0 spiro atoms. The van der Waals surface area contributed by atoms with Gasteiger partial charge in [0.25, 0.3) is 0 Å². The Morgan fingerprint density at radius 2 is 0.610 bits per heavy atom. The van der Waals surface area contributed by atoms with Crippen LogP contribution in [0.25, 0.3) is 0 Å². The summed E-state index contributed by atoms with van der Waals surface area (Å²) in [5.74, 6) is 3.62. The number of benzene rings is 4. The maximum absolute atomic E-state index is 2.94. The Morgan fingerprint density at radius 3 is 0.780 bits per heavy atom. The molecular weight excluding hydrogens is 708 g/mol. The minimum Gasteiger partial charge on any atom is -0.130 e. The van der Waals surface area contributed by atoms with Crippen molar-refractivity contribution in [3.63, 3.8) is 0 Å². The molecule has 4 rings (SSSR count). The first-order valence-corrected chi connectivity index (χ1v) is 19.8. The highest BCUT2D eigenvalue weighted by Crippen LogP contribution is 2.18. The molecule has 0 unspecified atom stereocenters. The molecule has 6 heteroatoms. The van der Waals surface area contributed by atoms with Crippen LogP contribution >= 0.6 is 78.9 Å². The van der Waals surface area contributed by atoms with Gasteiger partial charge in [-0.1, -0.05) is 127 Å². The molecule has 4 aromatic rings. The SMILES string of the molecule is C.C.C.CBr.CBr.CSc1ccccc1.CSc1ccccc1.CSc1ccccc1C.CSc1ccccc1C. The van der Waals surface area contributed by atoms with E-state index in [0.29, 0.717) is 0 Å². The molecule has 0 aliphatic carbocycles. The van der Waals surface area contributed by atoms with Crippen molar-refractivity contribution >= 4 is 78.9 Å². The van der Waals surface area contributed by atoms with E-state index in [-0.39, 0.29) is 22.3 Å². The van der Waals surface area contributed by atoms with Crippen molar-refractivity contribution in [3.05, 3.63) is 120 Å². The minimum absolute atomic E-state index is 0. The first-order valence-electron chi connectivity index (χ1n) is 11.7. The van der Waals surface area contributed by atoms with Gasteiger partial charge in [0.2, 0.25) is 0 Å². The summed E-state index contributed by atoms with van der Waals surface area (Å²) < 4.78 is 0. The zero-order chi connectivity index (χ0) is 29.0. The molecule has 0 N–H and O–H groups in total. The molecule has 232 valence electrons. The van der Waals surface area contributed by atoms with Gasteiger partial charge in [-0.2, -0.15) is 0 Å². The maximum Gasteiger partial charge on any atom is 0.00983 e. The quantitative estimate of drug-likeness (QED) is 0.150. The lowest BCUT2D eigenvalue weighted by molar-refractivity contribution is 1.31. The van der Waals surface area contributed by atoms with Crippen LogP contribution in [0.15, 0.2) is 129 Å². The molecule has 41 heavy (non-hydrogen) atoms. The van der Waals surface area contributed by atoms with Crippen LogP contribution in [-0.2, 0) is 0 Å². The Hall–Kier alpha value is -0.760. The van der Waals surface area contributed by atoms with Crippen LogP contribution < -0.4 is 0 Å². The van der Waals surface area contributed by atoms with Crippen molar-refractivity contribution in [3.8, 4) is 0 Å². The fraction of sp³-hybridized carbons (Fsp3) is 0.314. The summed E-state index contributed by atoms with van der Waals surface area (Å²) in [7, 11) is 0. The van der Waals surface area contributed by atoms with E-state index in [1.165, 1.54) is 30.7 Å². The lowest BCUT2D eigenvalue weighted by Gasteiger charge is -1.97. The van der Waals surface area contributed by atoms with Crippen molar-refractivity contribution < 1.29 is 0 Å². The normalized spacial score (nSPS) is 8.05. The molecule has 0 heterocycles. The minimum atomic E-state index is 0. The van der Waals surface area contributed by atoms with Gasteiger partial charge in [0.05, 0.1) is 0 Å². The molecule has 0 saturated heterocycles. The number of aryl methyl sites for hydroxylation is 2.